The van der Waals surface area contributed by atoms with Gasteiger partial charge in [0.1, 0.15) is 0 Å². The van der Waals surface area contributed by atoms with Gasteiger partial charge >= 0.3 is 6.03 Å². The first-order valence-electron chi connectivity index (χ1n) is 9.45. The SMILES string of the molecule is N#CC(c1ccccc1)c1ccc(NC(=O)Nc2cccc3ccccc23)cc1Cl. The highest BCUT2D eigenvalue weighted by molar-refractivity contribution is 6.31. The molecule has 5 heteroatoms. The number of fused-ring (bicyclic) bond motifs is 1. The van der Waals surface area contributed by atoms with Crippen LogP contribution in [0.5, 0.6) is 0 Å². The van der Waals surface area contributed by atoms with E-state index in [1.165, 1.54) is 0 Å². The van der Waals surface area contributed by atoms with E-state index in [0.717, 1.165) is 22.0 Å². The molecule has 2 amide bonds. The van der Waals surface area contributed by atoms with Crippen LogP contribution in [-0.4, -0.2) is 6.03 Å². The number of nitriles is 1. The van der Waals surface area contributed by atoms with Crippen LogP contribution < -0.4 is 10.6 Å². The van der Waals surface area contributed by atoms with Crippen LogP contribution >= 0.6 is 11.6 Å². The van der Waals surface area contributed by atoms with E-state index >= 15 is 0 Å². The predicted octanol–water partition coefficient (Wildman–Crippen LogP) is 6.79. The minimum absolute atomic E-state index is 0.366. The van der Waals surface area contributed by atoms with Gasteiger partial charge in [-0.25, -0.2) is 4.79 Å². The minimum Gasteiger partial charge on any atom is -0.308 e. The van der Waals surface area contributed by atoms with E-state index < -0.39 is 5.92 Å². The van der Waals surface area contributed by atoms with Gasteiger partial charge in [0.05, 0.1) is 17.7 Å². The number of nitrogens with zero attached hydrogens (tertiary/aromatic N) is 1. The molecular weight excluding hydrogens is 394 g/mol. The van der Waals surface area contributed by atoms with Crippen molar-refractivity contribution in [3.8, 4) is 6.07 Å². The number of benzene rings is 4. The van der Waals surface area contributed by atoms with Crippen molar-refractivity contribution in [3.05, 3.63) is 107 Å². The van der Waals surface area contributed by atoms with Gasteiger partial charge in [0.15, 0.2) is 0 Å². The molecule has 1 atom stereocenters. The van der Waals surface area contributed by atoms with E-state index in [4.69, 9.17) is 11.6 Å². The molecule has 146 valence electrons. The summed E-state index contributed by atoms with van der Waals surface area (Å²) in [5.41, 5.74) is 2.84. The Labute approximate surface area is 179 Å². The van der Waals surface area contributed by atoms with Gasteiger partial charge in [0.2, 0.25) is 0 Å². The van der Waals surface area contributed by atoms with Crippen molar-refractivity contribution in [2.45, 2.75) is 5.92 Å². The predicted molar refractivity (Wildman–Crippen MR) is 122 cm³/mol. The number of urea groups is 1. The van der Waals surface area contributed by atoms with E-state index in [1.54, 1.807) is 18.2 Å². The first kappa shape index (κ1) is 19.5. The van der Waals surface area contributed by atoms with Crippen LogP contribution in [0.15, 0.2) is 91.0 Å². The lowest BCUT2D eigenvalue weighted by Crippen LogP contribution is -2.19. The van der Waals surface area contributed by atoms with Gasteiger partial charge in [-0.05, 0) is 34.7 Å². The second-order valence-corrected chi connectivity index (χ2v) is 7.22. The molecule has 4 nitrogen and oxygen atoms in total. The maximum absolute atomic E-state index is 12.5. The molecule has 0 fully saturated rings. The maximum atomic E-state index is 12.5. The largest absolute Gasteiger partial charge is 0.323 e. The fourth-order valence-electron chi connectivity index (χ4n) is 3.43. The third-order valence-corrected chi connectivity index (χ3v) is 5.20. The molecule has 0 aliphatic rings. The van der Waals surface area contributed by atoms with Gasteiger partial charge in [0.25, 0.3) is 0 Å². The maximum Gasteiger partial charge on any atom is 0.323 e. The Kier molecular flexibility index (Phi) is 5.65. The average Bonchev–Trinajstić information content (AvgIpc) is 2.77. The van der Waals surface area contributed by atoms with Gasteiger partial charge < -0.3 is 10.6 Å². The summed E-state index contributed by atoms with van der Waals surface area (Å²) in [5.74, 6) is -0.475. The van der Waals surface area contributed by atoms with Crippen LogP contribution in [0, 0.1) is 11.3 Å². The van der Waals surface area contributed by atoms with E-state index in [0.29, 0.717) is 16.3 Å². The van der Waals surface area contributed by atoms with Gasteiger partial charge in [0, 0.05) is 16.1 Å². The first-order valence-corrected chi connectivity index (χ1v) is 9.83. The summed E-state index contributed by atoms with van der Waals surface area (Å²) in [7, 11) is 0. The third kappa shape index (κ3) is 4.12. The first-order chi connectivity index (χ1) is 14.7. The highest BCUT2D eigenvalue weighted by Crippen LogP contribution is 2.32. The van der Waals surface area contributed by atoms with E-state index in [-0.39, 0.29) is 6.03 Å². The third-order valence-electron chi connectivity index (χ3n) is 4.87. The van der Waals surface area contributed by atoms with Crippen molar-refractivity contribution in [3.63, 3.8) is 0 Å². The lowest BCUT2D eigenvalue weighted by atomic mass is 9.92. The van der Waals surface area contributed by atoms with Gasteiger partial charge in [-0.2, -0.15) is 5.26 Å². The smallest absolute Gasteiger partial charge is 0.308 e. The van der Waals surface area contributed by atoms with Gasteiger partial charge in [-0.3, -0.25) is 0 Å². The standard InChI is InChI=1S/C25H18ClN3O/c26-23-15-19(13-14-21(23)22(16-27)18-7-2-1-3-8-18)28-25(30)29-24-12-6-10-17-9-4-5-11-20(17)24/h1-15,22H,(H2,28,29,30). The number of hydrogen-bond donors (Lipinski definition) is 2. The molecule has 4 rings (SSSR count). The molecule has 0 saturated heterocycles. The number of carbonyl (C=O) groups is 1. The van der Waals surface area contributed by atoms with Crippen LogP contribution in [0.2, 0.25) is 5.02 Å². The molecule has 4 aromatic rings. The monoisotopic (exact) mass is 411 g/mol. The molecule has 0 saturated carbocycles. The number of amides is 2. The van der Waals surface area contributed by atoms with Crippen LogP contribution in [0.3, 0.4) is 0 Å². The number of carbonyl (C=O) groups excluding carboxylic acids is 1. The van der Waals surface area contributed by atoms with E-state index in [9.17, 15) is 10.1 Å². The zero-order chi connectivity index (χ0) is 20.9. The van der Waals surface area contributed by atoms with Crippen molar-refractivity contribution in [2.75, 3.05) is 10.6 Å². The van der Waals surface area contributed by atoms with Crippen LogP contribution in [0.1, 0.15) is 17.0 Å². The molecule has 4 aromatic carbocycles. The number of anilines is 2. The molecule has 0 spiro atoms. The second-order valence-electron chi connectivity index (χ2n) is 6.81. The Balaban J connectivity index is 1.52. The van der Waals surface area contributed by atoms with Crippen LogP contribution in [-0.2, 0) is 0 Å². The summed E-state index contributed by atoms with van der Waals surface area (Å²) in [4.78, 5) is 12.5. The highest BCUT2D eigenvalue weighted by atomic mass is 35.5. The van der Waals surface area contributed by atoms with Gasteiger partial charge in [-0.1, -0.05) is 84.4 Å². The van der Waals surface area contributed by atoms with Crippen molar-refractivity contribution in [1.29, 1.82) is 5.26 Å². The summed E-state index contributed by atoms with van der Waals surface area (Å²) in [5, 5.41) is 17.8. The minimum atomic E-state index is -0.475. The Hall–Kier alpha value is -3.81. The fraction of sp³-hybridized carbons (Fsp3) is 0.0400. The Bertz CT molecular complexity index is 1240. The normalized spacial score (nSPS) is 11.5. The summed E-state index contributed by atoms with van der Waals surface area (Å²) in [6.07, 6.45) is 0. The van der Waals surface area contributed by atoms with Crippen molar-refractivity contribution >= 4 is 39.8 Å². The average molecular weight is 412 g/mol. The summed E-state index contributed by atoms with van der Waals surface area (Å²) in [6.45, 7) is 0. The second kappa shape index (κ2) is 8.69. The van der Waals surface area contributed by atoms with E-state index in [1.807, 2.05) is 72.8 Å². The molecule has 0 bridgehead atoms. The Morgan fingerprint density at radius 1 is 0.867 bits per heavy atom. The molecule has 2 N–H and O–H groups in total. The molecule has 0 aliphatic heterocycles. The quantitative estimate of drug-likeness (QED) is 0.388. The van der Waals surface area contributed by atoms with Crippen molar-refractivity contribution in [1.82, 2.24) is 0 Å². The lowest BCUT2D eigenvalue weighted by Gasteiger charge is -2.14. The van der Waals surface area contributed by atoms with Crippen molar-refractivity contribution in [2.24, 2.45) is 0 Å². The molecule has 30 heavy (non-hydrogen) atoms. The van der Waals surface area contributed by atoms with E-state index in [2.05, 4.69) is 16.7 Å². The fourth-order valence-corrected chi connectivity index (χ4v) is 3.72. The topological polar surface area (TPSA) is 64.9 Å². The summed E-state index contributed by atoms with van der Waals surface area (Å²) >= 11 is 6.45. The summed E-state index contributed by atoms with van der Waals surface area (Å²) in [6, 6.07) is 30.2. The summed E-state index contributed by atoms with van der Waals surface area (Å²) < 4.78 is 0. The highest BCUT2D eigenvalue weighted by Gasteiger charge is 2.17. The molecule has 1 unspecified atom stereocenters. The molecule has 0 radical (unpaired) electrons. The number of nitrogens with one attached hydrogen (secondary N) is 2. The number of halogens is 1. The molecule has 0 aliphatic carbocycles. The molecule has 0 aromatic heterocycles. The van der Waals surface area contributed by atoms with Crippen LogP contribution in [0.4, 0.5) is 16.2 Å². The lowest BCUT2D eigenvalue weighted by molar-refractivity contribution is 0.262. The zero-order valence-corrected chi connectivity index (χ0v) is 16.7. The zero-order valence-electron chi connectivity index (χ0n) is 16.0. The molecular formula is C25H18ClN3O. The van der Waals surface area contributed by atoms with Gasteiger partial charge in [-0.15, -0.1) is 0 Å². The number of rotatable bonds is 4. The van der Waals surface area contributed by atoms with Crippen LogP contribution in [0.25, 0.3) is 10.8 Å². The molecule has 0 heterocycles. The number of hydrogen-bond acceptors (Lipinski definition) is 2. The van der Waals surface area contributed by atoms with Crippen molar-refractivity contribution < 1.29 is 4.79 Å². The Morgan fingerprint density at radius 3 is 2.37 bits per heavy atom. The Morgan fingerprint density at radius 2 is 1.60 bits per heavy atom.